The van der Waals surface area contributed by atoms with Crippen molar-refractivity contribution in [1.29, 1.82) is 0 Å². The summed E-state index contributed by atoms with van der Waals surface area (Å²) in [5.41, 5.74) is 1.08. The van der Waals surface area contributed by atoms with Gasteiger partial charge in [0.15, 0.2) is 0 Å². The number of amides is 2. The monoisotopic (exact) mass is 342 g/mol. The Bertz CT molecular complexity index is 653. The summed E-state index contributed by atoms with van der Waals surface area (Å²) < 4.78 is 0. The highest BCUT2D eigenvalue weighted by Gasteiger charge is 2.34. The molecule has 0 radical (unpaired) electrons. The van der Waals surface area contributed by atoms with Crippen LogP contribution in [0.5, 0.6) is 0 Å². The lowest BCUT2D eigenvalue weighted by Crippen LogP contribution is -2.48. The minimum Gasteiger partial charge on any atom is -0.342 e. The highest BCUT2D eigenvalue weighted by Crippen LogP contribution is 2.28. The number of rotatable bonds is 4. The molecule has 2 aliphatic rings. The first-order chi connectivity index (χ1) is 12.1. The average Bonchev–Trinajstić information content (AvgIpc) is 2.63. The number of hydrogen-bond donors (Lipinski definition) is 0. The van der Waals surface area contributed by atoms with E-state index in [0.29, 0.717) is 31.8 Å². The number of likely N-dealkylation sites (tertiary alicyclic amines) is 2. The quantitative estimate of drug-likeness (QED) is 0.784. The third-order valence-electron chi connectivity index (χ3n) is 5.22. The van der Waals surface area contributed by atoms with Crippen LogP contribution >= 0.6 is 0 Å². The van der Waals surface area contributed by atoms with Crippen LogP contribution in [0.15, 0.2) is 24.9 Å². The number of carbonyl (C=O) groups excluding carboxylic acids is 2. The van der Waals surface area contributed by atoms with Gasteiger partial charge in [0, 0.05) is 50.4 Å². The first-order valence-electron chi connectivity index (χ1n) is 9.05. The number of aryl methyl sites for hydroxylation is 1. The van der Waals surface area contributed by atoms with Crippen molar-refractivity contribution in [3.05, 3.63) is 36.4 Å². The molecule has 1 aromatic rings. The van der Waals surface area contributed by atoms with Crippen molar-refractivity contribution in [1.82, 2.24) is 19.8 Å². The Labute approximate surface area is 148 Å². The van der Waals surface area contributed by atoms with E-state index in [0.717, 1.165) is 37.4 Å². The van der Waals surface area contributed by atoms with Crippen molar-refractivity contribution in [3.63, 3.8) is 0 Å². The number of nitrogens with zero attached hydrogens (tertiary/aromatic N) is 4. The lowest BCUT2D eigenvalue weighted by molar-refractivity contribution is -0.143. The van der Waals surface area contributed by atoms with Crippen LogP contribution in [0.1, 0.15) is 43.1 Å². The van der Waals surface area contributed by atoms with E-state index >= 15 is 0 Å². The molecule has 2 amide bonds. The Balaban J connectivity index is 1.56. The molecule has 0 saturated carbocycles. The van der Waals surface area contributed by atoms with Crippen LogP contribution in [-0.2, 0) is 9.59 Å². The van der Waals surface area contributed by atoms with Gasteiger partial charge in [-0.25, -0.2) is 9.97 Å². The smallest absolute Gasteiger partial charge is 0.227 e. The molecule has 0 bridgehead atoms. The van der Waals surface area contributed by atoms with Gasteiger partial charge in [0.1, 0.15) is 5.82 Å². The lowest BCUT2D eigenvalue weighted by atomic mass is 9.91. The Morgan fingerprint density at radius 3 is 2.80 bits per heavy atom. The summed E-state index contributed by atoms with van der Waals surface area (Å²) in [6.45, 7) is 8.17. The third-order valence-corrected chi connectivity index (χ3v) is 5.22. The fourth-order valence-electron chi connectivity index (χ4n) is 3.80. The topological polar surface area (TPSA) is 66.4 Å². The van der Waals surface area contributed by atoms with Gasteiger partial charge in [-0.1, -0.05) is 6.08 Å². The molecule has 134 valence electrons. The summed E-state index contributed by atoms with van der Waals surface area (Å²) in [6, 6.07) is 1.98. The molecule has 3 heterocycles. The van der Waals surface area contributed by atoms with E-state index in [1.165, 1.54) is 0 Å². The Kier molecular flexibility index (Phi) is 5.46. The van der Waals surface area contributed by atoms with Crippen molar-refractivity contribution in [2.75, 3.05) is 26.2 Å². The molecule has 2 fully saturated rings. The van der Waals surface area contributed by atoms with Gasteiger partial charge in [-0.3, -0.25) is 9.59 Å². The van der Waals surface area contributed by atoms with E-state index in [1.807, 2.05) is 24.1 Å². The van der Waals surface area contributed by atoms with Crippen LogP contribution < -0.4 is 0 Å². The molecule has 0 spiro atoms. The molecule has 0 unspecified atom stereocenters. The summed E-state index contributed by atoms with van der Waals surface area (Å²) in [4.78, 5) is 37.1. The summed E-state index contributed by atoms with van der Waals surface area (Å²) >= 11 is 0. The van der Waals surface area contributed by atoms with Crippen molar-refractivity contribution in [2.45, 2.75) is 38.5 Å². The SMILES string of the molecule is C=CCN1C[C@@H](C(=O)N2CCC(c3ccnc(C)n3)CC2)CCC1=O. The molecule has 3 rings (SSSR count). The minimum absolute atomic E-state index is 0.0736. The third kappa shape index (κ3) is 4.06. The van der Waals surface area contributed by atoms with Gasteiger partial charge in [-0.05, 0) is 32.3 Å². The number of piperidine rings is 2. The van der Waals surface area contributed by atoms with Crippen LogP contribution in [0.25, 0.3) is 0 Å². The lowest BCUT2D eigenvalue weighted by Gasteiger charge is -2.37. The average molecular weight is 342 g/mol. The summed E-state index contributed by atoms with van der Waals surface area (Å²) in [7, 11) is 0. The molecule has 6 nitrogen and oxygen atoms in total. The highest BCUT2D eigenvalue weighted by molar-refractivity contribution is 5.84. The highest BCUT2D eigenvalue weighted by atomic mass is 16.2. The van der Waals surface area contributed by atoms with Gasteiger partial charge in [0.25, 0.3) is 0 Å². The maximum absolute atomic E-state index is 12.8. The molecule has 25 heavy (non-hydrogen) atoms. The van der Waals surface area contributed by atoms with Crippen molar-refractivity contribution in [2.24, 2.45) is 5.92 Å². The van der Waals surface area contributed by atoms with Crippen LogP contribution in [0.4, 0.5) is 0 Å². The van der Waals surface area contributed by atoms with E-state index in [4.69, 9.17) is 0 Å². The van der Waals surface area contributed by atoms with Crippen molar-refractivity contribution < 1.29 is 9.59 Å². The molecule has 6 heteroatoms. The maximum atomic E-state index is 12.8. The number of aromatic nitrogens is 2. The zero-order valence-corrected chi connectivity index (χ0v) is 14.9. The van der Waals surface area contributed by atoms with Crippen LogP contribution in [0, 0.1) is 12.8 Å². The fourth-order valence-corrected chi connectivity index (χ4v) is 3.80. The second-order valence-corrected chi connectivity index (χ2v) is 6.95. The largest absolute Gasteiger partial charge is 0.342 e. The van der Waals surface area contributed by atoms with E-state index < -0.39 is 0 Å². The second-order valence-electron chi connectivity index (χ2n) is 6.95. The zero-order chi connectivity index (χ0) is 17.8. The predicted molar refractivity (Wildman–Crippen MR) is 94.8 cm³/mol. The van der Waals surface area contributed by atoms with E-state index in [-0.39, 0.29) is 17.7 Å². The van der Waals surface area contributed by atoms with E-state index in [9.17, 15) is 9.59 Å². The molecule has 1 atom stereocenters. The van der Waals surface area contributed by atoms with Crippen molar-refractivity contribution >= 4 is 11.8 Å². The molecule has 2 saturated heterocycles. The molecule has 0 aromatic carbocycles. The van der Waals surface area contributed by atoms with Gasteiger partial charge in [-0.2, -0.15) is 0 Å². The van der Waals surface area contributed by atoms with E-state index in [1.54, 1.807) is 11.0 Å². The Hall–Kier alpha value is -2.24. The molecule has 0 aliphatic carbocycles. The Morgan fingerprint density at radius 1 is 1.36 bits per heavy atom. The molecular formula is C19H26N4O2. The zero-order valence-electron chi connectivity index (χ0n) is 14.9. The molecule has 1 aromatic heterocycles. The van der Waals surface area contributed by atoms with Crippen LogP contribution in [-0.4, -0.2) is 57.8 Å². The predicted octanol–water partition coefficient (Wildman–Crippen LogP) is 1.92. The number of hydrogen-bond acceptors (Lipinski definition) is 4. The van der Waals surface area contributed by atoms with Gasteiger partial charge in [0.05, 0.1) is 5.92 Å². The molecular weight excluding hydrogens is 316 g/mol. The van der Waals surface area contributed by atoms with Gasteiger partial charge in [0.2, 0.25) is 11.8 Å². The standard InChI is InChI=1S/C19H26N4O2/c1-3-10-23-13-16(4-5-18(23)24)19(25)22-11-7-15(8-12-22)17-6-9-20-14(2)21-17/h3,6,9,15-16H,1,4-5,7-8,10-13H2,2H3/t16-/m0/s1. The van der Waals surface area contributed by atoms with E-state index in [2.05, 4.69) is 16.5 Å². The number of carbonyl (C=O) groups is 2. The van der Waals surface area contributed by atoms with Crippen molar-refractivity contribution in [3.8, 4) is 0 Å². The Morgan fingerprint density at radius 2 is 2.12 bits per heavy atom. The summed E-state index contributed by atoms with van der Waals surface area (Å²) in [5.74, 6) is 1.44. The van der Waals surface area contributed by atoms with Gasteiger partial charge < -0.3 is 9.80 Å². The van der Waals surface area contributed by atoms with Crippen LogP contribution in [0.2, 0.25) is 0 Å². The maximum Gasteiger partial charge on any atom is 0.227 e. The second kappa shape index (κ2) is 7.76. The van der Waals surface area contributed by atoms with Gasteiger partial charge in [-0.15, -0.1) is 6.58 Å². The molecule has 2 aliphatic heterocycles. The fraction of sp³-hybridized carbons (Fsp3) is 0.579. The first-order valence-corrected chi connectivity index (χ1v) is 9.05. The molecule has 0 N–H and O–H groups in total. The van der Waals surface area contributed by atoms with Gasteiger partial charge >= 0.3 is 0 Å². The first kappa shape index (κ1) is 17.6. The summed E-state index contributed by atoms with van der Waals surface area (Å²) in [5, 5.41) is 0. The summed E-state index contributed by atoms with van der Waals surface area (Å²) in [6.07, 6.45) is 6.52. The minimum atomic E-state index is -0.0736. The van der Waals surface area contributed by atoms with Crippen LogP contribution in [0.3, 0.4) is 0 Å². The normalized spacial score (nSPS) is 22.1.